The number of nitrogens with one attached hydrogen (secondary N) is 1. The predicted octanol–water partition coefficient (Wildman–Crippen LogP) is 1.95. The summed E-state index contributed by atoms with van der Waals surface area (Å²) in [5, 5.41) is 3.78. The lowest BCUT2D eigenvalue weighted by molar-refractivity contribution is 0.148. The van der Waals surface area contributed by atoms with Gasteiger partial charge in [0.2, 0.25) is 0 Å². The molecular weight excluding hydrogens is 292 g/mol. The molecule has 0 radical (unpaired) electrons. The smallest absolute Gasteiger partial charge is 0.0846 e. The molecule has 0 aliphatic carbocycles. The fraction of sp³-hybridized carbons (Fsp3) is 0.471. The van der Waals surface area contributed by atoms with Gasteiger partial charge in [-0.3, -0.25) is 4.90 Å². The van der Waals surface area contributed by atoms with Gasteiger partial charge in [-0.2, -0.15) is 0 Å². The molecule has 1 aliphatic heterocycles. The number of benzene rings is 1. The highest BCUT2D eigenvalue weighted by Gasteiger charge is 2.14. The maximum atomic E-state index is 4.44. The average Bonchev–Trinajstić information content (AvgIpc) is 2.50. The number of rotatable bonds is 6. The van der Waals surface area contributed by atoms with Crippen LogP contribution < -0.4 is 5.32 Å². The number of nitrogens with zero attached hydrogens (tertiary/aromatic N) is 3. The molecule has 1 aliphatic rings. The molecule has 0 amide bonds. The lowest BCUT2D eigenvalue weighted by Crippen LogP contribution is -2.43. The lowest BCUT2D eigenvalue weighted by atomic mass is 10.1. The second-order valence-electron chi connectivity index (χ2n) is 5.78. The maximum absolute atomic E-state index is 4.44. The minimum atomic E-state index is 0.656. The molecule has 1 N–H and O–H groups in total. The van der Waals surface area contributed by atoms with Gasteiger partial charge in [-0.05, 0) is 31.3 Å². The van der Waals surface area contributed by atoms with Crippen molar-refractivity contribution in [2.24, 2.45) is 4.99 Å². The molecule has 0 spiro atoms. The van der Waals surface area contributed by atoms with Gasteiger partial charge in [0, 0.05) is 39.3 Å². The fourth-order valence-corrected chi connectivity index (χ4v) is 2.81. The van der Waals surface area contributed by atoms with E-state index in [1.165, 1.54) is 5.56 Å². The van der Waals surface area contributed by atoms with Crippen LogP contribution in [0.15, 0.2) is 35.8 Å². The first kappa shape index (κ1) is 17.2. The van der Waals surface area contributed by atoms with Gasteiger partial charge in [-0.25, -0.2) is 4.99 Å². The summed E-state index contributed by atoms with van der Waals surface area (Å²) in [5.74, 6) is 0. The van der Waals surface area contributed by atoms with Crippen LogP contribution in [-0.4, -0.2) is 61.7 Å². The molecule has 1 saturated heterocycles. The van der Waals surface area contributed by atoms with Crippen LogP contribution >= 0.6 is 12.6 Å². The van der Waals surface area contributed by atoms with Gasteiger partial charge < -0.3 is 10.2 Å². The zero-order chi connectivity index (χ0) is 15.9. The quantitative estimate of drug-likeness (QED) is 0.477. The van der Waals surface area contributed by atoms with E-state index >= 15 is 0 Å². The Hall–Kier alpha value is -1.14. The van der Waals surface area contributed by atoms with Crippen molar-refractivity contribution < 1.29 is 0 Å². The van der Waals surface area contributed by atoms with Crippen molar-refractivity contribution in [2.45, 2.75) is 6.54 Å². The molecule has 1 heterocycles. The molecule has 2 rings (SSSR count). The molecule has 0 unspecified atom stereocenters. The monoisotopic (exact) mass is 318 g/mol. The summed E-state index contributed by atoms with van der Waals surface area (Å²) >= 11 is 4.35. The average molecular weight is 318 g/mol. The number of likely N-dealkylation sites (N-methyl/N-ethyl adjacent to an activating group) is 1. The summed E-state index contributed by atoms with van der Waals surface area (Å²) in [4.78, 5) is 9.31. The third-order valence-electron chi connectivity index (χ3n) is 3.86. The van der Waals surface area contributed by atoms with Crippen LogP contribution in [-0.2, 0) is 6.54 Å². The Morgan fingerprint density at radius 3 is 2.73 bits per heavy atom. The van der Waals surface area contributed by atoms with E-state index in [-0.39, 0.29) is 0 Å². The summed E-state index contributed by atoms with van der Waals surface area (Å²) in [6, 6.07) is 8.50. The Kier molecular flexibility index (Phi) is 6.64. The van der Waals surface area contributed by atoms with Gasteiger partial charge in [0.1, 0.15) is 0 Å². The van der Waals surface area contributed by atoms with Crippen LogP contribution in [0.1, 0.15) is 11.1 Å². The Labute approximate surface area is 139 Å². The largest absolute Gasteiger partial charge is 0.314 e. The minimum absolute atomic E-state index is 0.656. The Morgan fingerprint density at radius 2 is 2.05 bits per heavy atom. The SMILES string of the molecule is C=C(/N=C(\S)CNC)c1cccc(CN2CCN(C)CC2)c1. The summed E-state index contributed by atoms with van der Waals surface area (Å²) < 4.78 is 0. The van der Waals surface area contributed by atoms with Crippen molar-refractivity contribution in [1.82, 2.24) is 15.1 Å². The molecule has 120 valence electrons. The Morgan fingerprint density at radius 1 is 1.32 bits per heavy atom. The topological polar surface area (TPSA) is 30.9 Å². The van der Waals surface area contributed by atoms with E-state index in [0.29, 0.717) is 6.54 Å². The van der Waals surface area contributed by atoms with Crippen LogP contribution in [0.2, 0.25) is 0 Å². The summed E-state index contributed by atoms with van der Waals surface area (Å²) in [5.41, 5.74) is 3.14. The highest BCUT2D eigenvalue weighted by atomic mass is 32.1. The van der Waals surface area contributed by atoms with Gasteiger partial charge >= 0.3 is 0 Å². The zero-order valence-electron chi connectivity index (χ0n) is 13.5. The Balaban J connectivity index is 2.00. The molecule has 0 saturated carbocycles. The number of piperazine rings is 1. The van der Waals surface area contributed by atoms with Crippen LogP contribution in [0.5, 0.6) is 0 Å². The third-order valence-corrected chi connectivity index (χ3v) is 4.12. The number of hydrogen-bond donors (Lipinski definition) is 2. The fourth-order valence-electron chi connectivity index (χ4n) is 2.53. The van der Waals surface area contributed by atoms with E-state index < -0.39 is 0 Å². The third kappa shape index (κ3) is 5.25. The highest BCUT2D eigenvalue weighted by molar-refractivity contribution is 7.97. The number of hydrogen-bond acceptors (Lipinski definition) is 4. The van der Waals surface area contributed by atoms with Gasteiger partial charge in [0.05, 0.1) is 10.7 Å². The number of aliphatic imine (C=N–C) groups is 1. The second-order valence-corrected chi connectivity index (χ2v) is 6.30. The van der Waals surface area contributed by atoms with E-state index in [2.05, 4.69) is 70.6 Å². The van der Waals surface area contributed by atoms with E-state index in [1.54, 1.807) is 0 Å². The Bertz CT molecular complexity index is 533. The molecule has 5 heteroatoms. The highest BCUT2D eigenvalue weighted by Crippen LogP contribution is 2.17. The standard InChI is InChI=1S/C17H26N4S/c1-14(19-17(22)12-18-2)16-6-4-5-15(11-16)13-21-9-7-20(3)8-10-21/h4-6,11,18H,1,7-10,12-13H2,2-3H3,(H,19,22). The molecular formula is C17H26N4S. The van der Waals surface area contributed by atoms with Crippen molar-refractivity contribution in [3.8, 4) is 0 Å². The first-order chi connectivity index (χ1) is 10.6. The van der Waals surface area contributed by atoms with Gasteiger partial charge in [-0.1, -0.05) is 24.8 Å². The van der Waals surface area contributed by atoms with Crippen molar-refractivity contribution in [3.63, 3.8) is 0 Å². The normalized spacial score (nSPS) is 17.7. The van der Waals surface area contributed by atoms with Gasteiger partial charge in [-0.15, -0.1) is 12.6 Å². The van der Waals surface area contributed by atoms with Gasteiger partial charge in [0.25, 0.3) is 0 Å². The molecule has 0 aromatic heterocycles. The summed E-state index contributed by atoms with van der Waals surface area (Å²) in [7, 11) is 4.06. The van der Waals surface area contributed by atoms with Crippen LogP contribution in [0, 0.1) is 0 Å². The van der Waals surface area contributed by atoms with E-state index in [4.69, 9.17) is 0 Å². The molecule has 4 nitrogen and oxygen atoms in total. The molecule has 0 atom stereocenters. The molecule has 22 heavy (non-hydrogen) atoms. The van der Waals surface area contributed by atoms with Crippen molar-refractivity contribution in [3.05, 3.63) is 42.0 Å². The minimum Gasteiger partial charge on any atom is -0.314 e. The molecule has 1 fully saturated rings. The maximum Gasteiger partial charge on any atom is 0.0846 e. The zero-order valence-corrected chi connectivity index (χ0v) is 14.4. The molecule has 1 aromatic rings. The second kappa shape index (κ2) is 8.48. The lowest BCUT2D eigenvalue weighted by Gasteiger charge is -2.32. The first-order valence-corrected chi connectivity index (χ1v) is 8.13. The van der Waals surface area contributed by atoms with E-state index in [0.717, 1.165) is 49.0 Å². The van der Waals surface area contributed by atoms with Crippen molar-refractivity contribution in [1.29, 1.82) is 0 Å². The van der Waals surface area contributed by atoms with Gasteiger partial charge in [0.15, 0.2) is 0 Å². The van der Waals surface area contributed by atoms with Crippen molar-refractivity contribution >= 4 is 23.4 Å². The predicted molar refractivity (Wildman–Crippen MR) is 98.6 cm³/mol. The van der Waals surface area contributed by atoms with Crippen LogP contribution in [0.4, 0.5) is 0 Å². The van der Waals surface area contributed by atoms with Crippen LogP contribution in [0.3, 0.4) is 0 Å². The molecule has 1 aromatic carbocycles. The molecule has 0 bridgehead atoms. The van der Waals surface area contributed by atoms with Crippen molar-refractivity contribution in [2.75, 3.05) is 46.8 Å². The van der Waals surface area contributed by atoms with E-state index in [1.807, 2.05) is 7.05 Å². The van der Waals surface area contributed by atoms with E-state index in [9.17, 15) is 0 Å². The van der Waals surface area contributed by atoms with Crippen LogP contribution in [0.25, 0.3) is 5.70 Å². The summed E-state index contributed by atoms with van der Waals surface area (Å²) in [6.45, 7) is 10.2. The summed E-state index contributed by atoms with van der Waals surface area (Å²) in [6.07, 6.45) is 0. The number of thiol groups is 1. The first-order valence-electron chi connectivity index (χ1n) is 7.68.